The van der Waals surface area contributed by atoms with Gasteiger partial charge in [-0.2, -0.15) is 10.2 Å². The molecule has 0 unspecified atom stereocenters. The molecule has 0 radical (unpaired) electrons. The van der Waals surface area contributed by atoms with E-state index in [1.54, 1.807) is 18.2 Å². The molecule has 5 rings (SSSR count). The molecule has 1 saturated carbocycles. The van der Waals surface area contributed by atoms with E-state index in [4.69, 9.17) is 0 Å². The molecule has 2 amide bonds. The first-order valence-corrected chi connectivity index (χ1v) is 14.5. The van der Waals surface area contributed by atoms with Gasteiger partial charge < -0.3 is 5.32 Å². The molecule has 12 heteroatoms. The van der Waals surface area contributed by atoms with Gasteiger partial charge >= 0.3 is 0 Å². The second-order valence-electron chi connectivity index (χ2n) is 10.5. The van der Waals surface area contributed by atoms with Crippen molar-refractivity contribution in [3.05, 3.63) is 65.5 Å². The number of hydrogen-bond acceptors (Lipinski definition) is 7. The molecule has 2 fully saturated rings. The highest BCUT2D eigenvalue weighted by Crippen LogP contribution is 2.34. The summed E-state index contributed by atoms with van der Waals surface area (Å²) in [4.78, 5) is 31.4. The number of halogens is 2. The number of para-hydroxylation sites is 1. The maximum absolute atomic E-state index is 13.4. The SMILES string of the molecule is CC(C)c1ccccc1N1C(=O)CSC1=NN=Cc1ccc(-c2nc(C(=O)NC3CCC(F)(F)CC3)n(C)n2)cc1. The summed E-state index contributed by atoms with van der Waals surface area (Å²) in [7, 11) is 1.62. The number of alkyl halides is 2. The van der Waals surface area contributed by atoms with E-state index < -0.39 is 11.8 Å². The summed E-state index contributed by atoms with van der Waals surface area (Å²) in [5.74, 6) is -2.07. The highest BCUT2D eigenvalue weighted by atomic mass is 32.2. The molecule has 2 aromatic carbocycles. The number of amidine groups is 1. The summed E-state index contributed by atoms with van der Waals surface area (Å²) in [5, 5.41) is 16.3. The number of hydrogen-bond donors (Lipinski definition) is 1. The maximum Gasteiger partial charge on any atom is 0.289 e. The summed E-state index contributed by atoms with van der Waals surface area (Å²) >= 11 is 1.35. The van der Waals surface area contributed by atoms with Crippen molar-refractivity contribution >= 4 is 40.6 Å². The van der Waals surface area contributed by atoms with Crippen LogP contribution in [-0.2, 0) is 11.8 Å². The van der Waals surface area contributed by atoms with Crippen LogP contribution in [0.25, 0.3) is 11.4 Å². The van der Waals surface area contributed by atoms with E-state index in [0.29, 0.717) is 22.3 Å². The number of benzene rings is 2. The molecule has 1 aliphatic heterocycles. The minimum atomic E-state index is -2.66. The number of nitrogens with zero attached hydrogens (tertiary/aromatic N) is 6. The number of carbonyl (C=O) groups is 2. The van der Waals surface area contributed by atoms with Crippen LogP contribution in [0.5, 0.6) is 0 Å². The van der Waals surface area contributed by atoms with Gasteiger partial charge in [0.15, 0.2) is 11.0 Å². The normalized spacial score (nSPS) is 18.6. The Balaban J connectivity index is 1.25. The number of aromatic nitrogens is 3. The summed E-state index contributed by atoms with van der Waals surface area (Å²) in [6.45, 7) is 4.18. The van der Waals surface area contributed by atoms with Crippen molar-refractivity contribution in [3.8, 4) is 11.4 Å². The lowest BCUT2D eigenvalue weighted by Gasteiger charge is -2.28. The minimum Gasteiger partial charge on any atom is -0.347 e. The monoisotopic (exact) mass is 579 g/mol. The quantitative estimate of drug-likeness (QED) is 0.299. The van der Waals surface area contributed by atoms with Crippen LogP contribution in [0.1, 0.15) is 67.2 Å². The number of nitrogens with one attached hydrogen (secondary N) is 1. The summed E-state index contributed by atoms with van der Waals surface area (Å²) in [6.07, 6.45) is 1.61. The van der Waals surface area contributed by atoms with E-state index in [1.807, 2.05) is 48.5 Å². The van der Waals surface area contributed by atoms with Gasteiger partial charge in [0, 0.05) is 31.5 Å². The van der Waals surface area contributed by atoms with E-state index in [2.05, 4.69) is 39.4 Å². The zero-order valence-corrected chi connectivity index (χ0v) is 23.9. The Morgan fingerprint density at radius 3 is 2.56 bits per heavy atom. The third-order valence-electron chi connectivity index (χ3n) is 7.10. The zero-order valence-electron chi connectivity index (χ0n) is 23.1. The van der Waals surface area contributed by atoms with Gasteiger partial charge in [0.25, 0.3) is 5.91 Å². The Morgan fingerprint density at radius 2 is 1.85 bits per heavy atom. The van der Waals surface area contributed by atoms with E-state index in [0.717, 1.165) is 16.8 Å². The van der Waals surface area contributed by atoms with Crippen LogP contribution in [-0.4, -0.2) is 55.7 Å². The number of rotatable bonds is 7. The van der Waals surface area contributed by atoms with Crippen LogP contribution in [0.4, 0.5) is 14.5 Å². The van der Waals surface area contributed by atoms with E-state index in [9.17, 15) is 18.4 Å². The molecule has 1 saturated heterocycles. The average molecular weight is 580 g/mol. The fourth-order valence-corrected chi connectivity index (χ4v) is 5.67. The predicted octanol–water partition coefficient (Wildman–Crippen LogP) is 5.38. The van der Waals surface area contributed by atoms with E-state index in [-0.39, 0.29) is 49.4 Å². The summed E-state index contributed by atoms with van der Waals surface area (Å²) in [5.41, 5.74) is 3.38. The second-order valence-corrected chi connectivity index (χ2v) is 11.4. The van der Waals surface area contributed by atoms with Gasteiger partial charge in [-0.25, -0.2) is 18.4 Å². The Labute approximate surface area is 241 Å². The first-order chi connectivity index (χ1) is 19.6. The Kier molecular flexibility index (Phi) is 8.30. The highest BCUT2D eigenvalue weighted by molar-refractivity contribution is 8.15. The van der Waals surface area contributed by atoms with Crippen molar-refractivity contribution in [1.29, 1.82) is 0 Å². The van der Waals surface area contributed by atoms with E-state index >= 15 is 0 Å². The fourth-order valence-electron chi connectivity index (χ4n) is 4.85. The lowest BCUT2D eigenvalue weighted by atomic mass is 9.92. The third kappa shape index (κ3) is 6.53. The standard InChI is InChI=1S/C29H31F2N7O2S/c1-18(2)22-6-4-5-7-23(22)38-24(39)17-41-28(38)35-32-16-19-8-10-20(11-9-19)25-34-26(37(3)36-25)27(40)33-21-12-14-29(30,31)15-13-21/h4-11,16,18,21H,12-15,17H2,1-3H3,(H,33,40). The predicted molar refractivity (Wildman–Crippen MR) is 157 cm³/mol. The average Bonchev–Trinajstić information content (AvgIpc) is 3.52. The lowest BCUT2D eigenvalue weighted by molar-refractivity contribution is -0.115. The molecule has 214 valence electrons. The molecular formula is C29H31F2N7O2S. The molecule has 0 atom stereocenters. The zero-order chi connectivity index (χ0) is 29.1. The van der Waals surface area contributed by atoms with Crippen molar-refractivity contribution in [2.24, 2.45) is 17.3 Å². The Bertz CT molecular complexity index is 1490. The van der Waals surface area contributed by atoms with Crippen LogP contribution >= 0.6 is 11.8 Å². The van der Waals surface area contributed by atoms with Gasteiger partial charge in [-0.1, -0.05) is 68.1 Å². The van der Waals surface area contributed by atoms with E-state index in [1.165, 1.54) is 16.4 Å². The summed E-state index contributed by atoms with van der Waals surface area (Å²) < 4.78 is 28.2. The van der Waals surface area contributed by atoms with Crippen LogP contribution in [0.3, 0.4) is 0 Å². The number of aryl methyl sites for hydroxylation is 1. The third-order valence-corrected chi connectivity index (χ3v) is 8.02. The van der Waals surface area contributed by atoms with Crippen molar-refractivity contribution in [3.63, 3.8) is 0 Å². The van der Waals surface area contributed by atoms with Crippen LogP contribution in [0, 0.1) is 0 Å². The first kappa shape index (κ1) is 28.6. The fraction of sp³-hybridized carbons (Fsp3) is 0.379. The molecule has 1 aromatic heterocycles. The molecule has 9 nitrogen and oxygen atoms in total. The van der Waals surface area contributed by atoms with Crippen LogP contribution < -0.4 is 10.2 Å². The van der Waals surface area contributed by atoms with Crippen molar-refractivity contribution < 1.29 is 18.4 Å². The van der Waals surface area contributed by atoms with Crippen molar-refractivity contribution in [2.75, 3.05) is 10.7 Å². The maximum atomic E-state index is 13.4. The molecule has 3 aromatic rings. The van der Waals surface area contributed by atoms with Crippen molar-refractivity contribution in [2.45, 2.75) is 57.4 Å². The lowest BCUT2D eigenvalue weighted by Crippen LogP contribution is -2.41. The van der Waals surface area contributed by atoms with Crippen molar-refractivity contribution in [1.82, 2.24) is 20.1 Å². The second kappa shape index (κ2) is 11.9. The van der Waals surface area contributed by atoms with Gasteiger partial charge in [-0.15, -0.1) is 5.10 Å². The largest absolute Gasteiger partial charge is 0.347 e. The van der Waals surface area contributed by atoms with Gasteiger partial charge in [0.2, 0.25) is 17.7 Å². The van der Waals surface area contributed by atoms with Gasteiger partial charge in [0.05, 0.1) is 17.7 Å². The highest BCUT2D eigenvalue weighted by Gasteiger charge is 2.36. The molecule has 41 heavy (non-hydrogen) atoms. The minimum absolute atomic E-state index is 0.0300. The first-order valence-electron chi connectivity index (χ1n) is 13.5. The number of anilines is 1. The molecular weight excluding hydrogens is 548 g/mol. The van der Waals surface area contributed by atoms with Gasteiger partial charge in [-0.3, -0.25) is 14.5 Å². The topological polar surface area (TPSA) is 105 Å². The Hall–Kier alpha value is -3.93. The number of carbonyl (C=O) groups excluding carboxylic acids is 2. The van der Waals surface area contributed by atoms with Gasteiger partial charge in [-0.05, 0) is 36.0 Å². The Morgan fingerprint density at radius 1 is 1.15 bits per heavy atom. The molecule has 2 aliphatic rings. The van der Waals surface area contributed by atoms with Crippen LogP contribution in [0.15, 0.2) is 58.7 Å². The van der Waals surface area contributed by atoms with Gasteiger partial charge in [0.1, 0.15) is 0 Å². The molecule has 2 heterocycles. The number of amides is 2. The van der Waals surface area contributed by atoms with Crippen LogP contribution in [0.2, 0.25) is 0 Å². The molecule has 1 aliphatic carbocycles. The molecule has 0 spiro atoms. The number of thioether (sulfide) groups is 1. The smallest absolute Gasteiger partial charge is 0.289 e. The molecule has 0 bridgehead atoms. The summed E-state index contributed by atoms with van der Waals surface area (Å²) in [6, 6.07) is 14.8. The molecule has 1 N–H and O–H groups in total.